The van der Waals surface area contributed by atoms with E-state index in [1.807, 2.05) is 13.0 Å². The summed E-state index contributed by atoms with van der Waals surface area (Å²) in [6.07, 6.45) is 0.336. The molecule has 0 heterocycles. The largest absolute Gasteiger partial charge is 0.298 e. The van der Waals surface area contributed by atoms with Crippen molar-refractivity contribution in [3.8, 4) is 6.07 Å². The normalized spacial score (nSPS) is 23.8. The molecule has 1 aromatic carbocycles. The number of benzene rings is 1. The summed E-state index contributed by atoms with van der Waals surface area (Å²) in [5.41, 5.74) is 2.14. The van der Waals surface area contributed by atoms with E-state index in [4.69, 9.17) is 5.26 Å². The van der Waals surface area contributed by atoms with Crippen LogP contribution in [-0.2, 0) is 9.59 Å². The first-order valence-corrected chi connectivity index (χ1v) is 5.61. The molecule has 3 heteroatoms. The van der Waals surface area contributed by atoms with E-state index >= 15 is 0 Å². The van der Waals surface area contributed by atoms with Crippen LogP contribution in [0.3, 0.4) is 0 Å². The molecule has 1 aromatic rings. The Labute approximate surface area is 100 Å². The van der Waals surface area contributed by atoms with Gasteiger partial charge in [0.1, 0.15) is 11.7 Å². The van der Waals surface area contributed by atoms with Gasteiger partial charge in [-0.2, -0.15) is 5.26 Å². The molecule has 1 saturated carbocycles. The van der Waals surface area contributed by atoms with Crippen LogP contribution in [0.15, 0.2) is 18.2 Å². The first-order valence-electron chi connectivity index (χ1n) is 5.61. The zero-order chi connectivity index (χ0) is 12.6. The maximum Gasteiger partial charge on any atom is 0.150 e. The van der Waals surface area contributed by atoms with E-state index in [0.29, 0.717) is 12.0 Å². The molecule has 3 nitrogen and oxygen atoms in total. The van der Waals surface area contributed by atoms with Gasteiger partial charge in [-0.15, -0.1) is 0 Å². The van der Waals surface area contributed by atoms with Gasteiger partial charge in [0.25, 0.3) is 0 Å². The molecule has 2 unspecified atom stereocenters. The monoisotopic (exact) mass is 227 g/mol. The lowest BCUT2D eigenvalue weighted by molar-refractivity contribution is -0.124. The quantitative estimate of drug-likeness (QED) is 0.690. The molecule has 0 aliphatic heterocycles. The van der Waals surface area contributed by atoms with Crippen molar-refractivity contribution in [3.05, 3.63) is 34.9 Å². The summed E-state index contributed by atoms with van der Waals surface area (Å²) in [5.74, 6) is -0.793. The predicted octanol–water partition coefficient (Wildman–Crippen LogP) is 2.13. The zero-order valence-electron chi connectivity index (χ0n) is 9.86. The zero-order valence-corrected chi connectivity index (χ0v) is 9.86. The van der Waals surface area contributed by atoms with Crippen molar-refractivity contribution in [3.63, 3.8) is 0 Å². The van der Waals surface area contributed by atoms with Gasteiger partial charge in [0.2, 0.25) is 0 Å². The van der Waals surface area contributed by atoms with Crippen LogP contribution in [0.5, 0.6) is 0 Å². The van der Waals surface area contributed by atoms with Gasteiger partial charge in [-0.3, -0.25) is 9.59 Å². The summed E-state index contributed by atoms with van der Waals surface area (Å²) in [6, 6.07) is 7.16. The molecule has 2 atom stereocenters. The van der Waals surface area contributed by atoms with E-state index in [9.17, 15) is 9.59 Å². The third kappa shape index (κ3) is 1.87. The summed E-state index contributed by atoms with van der Waals surface area (Å²) < 4.78 is 0. The average Bonchev–Trinajstić information content (AvgIpc) is 2.54. The lowest BCUT2D eigenvalue weighted by Crippen LogP contribution is -2.15. The lowest BCUT2D eigenvalue weighted by atomic mass is 9.90. The van der Waals surface area contributed by atoms with Crippen LogP contribution in [0.1, 0.15) is 36.0 Å². The standard InChI is InChI=1S/C14H13NO2/c1-8-5-10(7-15)3-4-11(8)13-12(16)6-9(2)14(13)17/h3-5,9,13H,6H2,1-2H3. The maximum atomic E-state index is 11.9. The summed E-state index contributed by atoms with van der Waals surface area (Å²) in [5, 5.41) is 8.78. The van der Waals surface area contributed by atoms with Crippen molar-refractivity contribution in [1.82, 2.24) is 0 Å². The van der Waals surface area contributed by atoms with Crippen LogP contribution >= 0.6 is 0 Å². The fourth-order valence-corrected chi connectivity index (χ4v) is 2.36. The number of hydrogen-bond donors (Lipinski definition) is 0. The first-order chi connectivity index (χ1) is 8.04. The molecule has 0 saturated heterocycles. The van der Waals surface area contributed by atoms with Crippen molar-refractivity contribution in [2.75, 3.05) is 0 Å². The molecule has 0 aromatic heterocycles. The molecule has 0 N–H and O–H groups in total. The highest BCUT2D eigenvalue weighted by Gasteiger charge is 2.40. The van der Waals surface area contributed by atoms with Crippen molar-refractivity contribution in [1.29, 1.82) is 5.26 Å². The number of aryl methyl sites for hydroxylation is 1. The first kappa shape index (κ1) is 11.5. The number of ketones is 2. The number of Topliss-reactive ketones (excluding diaryl/α,β-unsaturated/α-hetero) is 2. The number of rotatable bonds is 1. The number of carbonyl (C=O) groups is 2. The number of nitrogens with zero attached hydrogens (tertiary/aromatic N) is 1. The van der Waals surface area contributed by atoms with Crippen molar-refractivity contribution >= 4 is 11.6 Å². The van der Waals surface area contributed by atoms with Crippen molar-refractivity contribution < 1.29 is 9.59 Å². The molecule has 2 rings (SSSR count). The van der Waals surface area contributed by atoms with Crippen LogP contribution in [0.4, 0.5) is 0 Å². The molecule has 1 aliphatic rings. The average molecular weight is 227 g/mol. The summed E-state index contributed by atoms with van der Waals surface area (Å²) in [7, 11) is 0. The fourth-order valence-electron chi connectivity index (χ4n) is 2.36. The molecule has 1 aliphatic carbocycles. The Morgan fingerprint density at radius 1 is 1.35 bits per heavy atom. The molecular formula is C14H13NO2. The van der Waals surface area contributed by atoms with Gasteiger partial charge >= 0.3 is 0 Å². The van der Waals surface area contributed by atoms with Crippen molar-refractivity contribution in [2.45, 2.75) is 26.2 Å². The van der Waals surface area contributed by atoms with Crippen LogP contribution < -0.4 is 0 Å². The summed E-state index contributed by atoms with van der Waals surface area (Å²) in [6.45, 7) is 3.62. The Hall–Kier alpha value is -1.95. The number of carbonyl (C=O) groups excluding carboxylic acids is 2. The van der Waals surface area contributed by atoms with E-state index in [1.165, 1.54) is 0 Å². The Morgan fingerprint density at radius 3 is 2.53 bits per heavy atom. The molecule has 0 amide bonds. The maximum absolute atomic E-state index is 11.9. The van der Waals surface area contributed by atoms with Gasteiger partial charge in [-0.05, 0) is 30.2 Å². The molecule has 0 bridgehead atoms. The predicted molar refractivity (Wildman–Crippen MR) is 62.4 cm³/mol. The molecule has 17 heavy (non-hydrogen) atoms. The minimum Gasteiger partial charge on any atom is -0.298 e. The minimum absolute atomic E-state index is 0.00260. The molecule has 0 spiro atoms. The smallest absolute Gasteiger partial charge is 0.150 e. The summed E-state index contributed by atoms with van der Waals surface area (Å²) >= 11 is 0. The van der Waals surface area contributed by atoms with Gasteiger partial charge in [0.15, 0.2) is 5.78 Å². The highest BCUT2D eigenvalue weighted by atomic mass is 16.2. The van der Waals surface area contributed by atoms with E-state index < -0.39 is 5.92 Å². The van der Waals surface area contributed by atoms with Gasteiger partial charge in [0, 0.05) is 12.3 Å². The Balaban J connectivity index is 2.45. The Bertz CT molecular complexity index is 540. The topological polar surface area (TPSA) is 57.9 Å². The Kier molecular flexibility index (Phi) is 2.81. The van der Waals surface area contributed by atoms with Crippen LogP contribution in [-0.4, -0.2) is 11.6 Å². The van der Waals surface area contributed by atoms with Gasteiger partial charge < -0.3 is 0 Å². The highest BCUT2D eigenvalue weighted by molar-refractivity contribution is 6.14. The fraction of sp³-hybridized carbons (Fsp3) is 0.357. The van der Waals surface area contributed by atoms with E-state index in [2.05, 4.69) is 0 Å². The molecule has 86 valence electrons. The second-order valence-electron chi connectivity index (χ2n) is 4.59. The van der Waals surface area contributed by atoms with Gasteiger partial charge in [0.05, 0.1) is 11.6 Å². The van der Waals surface area contributed by atoms with Crippen LogP contribution in [0.25, 0.3) is 0 Å². The third-order valence-corrected chi connectivity index (χ3v) is 3.31. The van der Waals surface area contributed by atoms with Gasteiger partial charge in [-0.25, -0.2) is 0 Å². The molecule has 1 fully saturated rings. The second kappa shape index (κ2) is 4.14. The van der Waals surface area contributed by atoms with Crippen LogP contribution in [0.2, 0.25) is 0 Å². The Morgan fingerprint density at radius 2 is 2.06 bits per heavy atom. The number of hydrogen-bond acceptors (Lipinski definition) is 3. The molecular weight excluding hydrogens is 214 g/mol. The van der Waals surface area contributed by atoms with Gasteiger partial charge in [-0.1, -0.05) is 13.0 Å². The minimum atomic E-state index is -0.613. The van der Waals surface area contributed by atoms with E-state index in [1.54, 1.807) is 25.1 Å². The second-order valence-corrected chi connectivity index (χ2v) is 4.59. The van der Waals surface area contributed by atoms with Crippen LogP contribution in [0, 0.1) is 24.2 Å². The molecule has 0 radical (unpaired) electrons. The van der Waals surface area contributed by atoms with E-state index in [0.717, 1.165) is 11.1 Å². The van der Waals surface area contributed by atoms with Crippen molar-refractivity contribution in [2.24, 2.45) is 5.92 Å². The number of nitriles is 1. The summed E-state index contributed by atoms with van der Waals surface area (Å²) in [4.78, 5) is 23.8. The highest BCUT2D eigenvalue weighted by Crippen LogP contribution is 2.33. The van der Waals surface area contributed by atoms with E-state index in [-0.39, 0.29) is 17.5 Å². The SMILES string of the molecule is Cc1cc(C#N)ccc1C1C(=O)CC(C)C1=O. The third-order valence-electron chi connectivity index (χ3n) is 3.31. The lowest BCUT2D eigenvalue weighted by Gasteiger charge is -2.11.